The summed E-state index contributed by atoms with van der Waals surface area (Å²) >= 11 is 0. The highest BCUT2D eigenvalue weighted by Crippen LogP contribution is 2.30. The van der Waals surface area contributed by atoms with Crippen LogP contribution in [0.3, 0.4) is 0 Å². The summed E-state index contributed by atoms with van der Waals surface area (Å²) in [5.41, 5.74) is 1.26. The summed E-state index contributed by atoms with van der Waals surface area (Å²) in [6.45, 7) is 3.40. The van der Waals surface area contributed by atoms with Crippen LogP contribution < -0.4 is 5.56 Å². The summed E-state index contributed by atoms with van der Waals surface area (Å²) in [6, 6.07) is 10.7. The maximum absolute atomic E-state index is 14.0. The Bertz CT molecular complexity index is 1630. The number of aromatic nitrogens is 5. The molecular formula is C23H19FN6O4. The Hall–Kier alpha value is -4.25. The van der Waals surface area contributed by atoms with Crippen LogP contribution in [-0.2, 0) is 11.3 Å². The van der Waals surface area contributed by atoms with Gasteiger partial charge in [-0.2, -0.15) is 4.39 Å². The van der Waals surface area contributed by atoms with Crippen LogP contribution in [0.2, 0.25) is 0 Å². The van der Waals surface area contributed by atoms with Crippen LogP contribution in [0.1, 0.15) is 13.3 Å². The van der Waals surface area contributed by atoms with Crippen LogP contribution in [0.25, 0.3) is 38.9 Å². The Morgan fingerprint density at radius 3 is 2.62 bits per heavy atom. The first kappa shape index (κ1) is 21.6. The summed E-state index contributed by atoms with van der Waals surface area (Å²) < 4.78 is 22.4. The predicted molar refractivity (Wildman–Crippen MR) is 124 cm³/mol. The zero-order valence-electron chi connectivity index (χ0n) is 18.1. The number of nitrogens with zero attached hydrogens (tertiary/aromatic N) is 6. The minimum atomic E-state index is -0.962. The lowest BCUT2D eigenvalue weighted by atomic mass is 10.2. The van der Waals surface area contributed by atoms with E-state index in [9.17, 15) is 19.3 Å². The molecule has 5 aromatic rings. The number of ether oxygens (including phenoxy) is 1. The number of hydrogen-bond acceptors (Lipinski definition) is 7. The minimum absolute atomic E-state index is 0.234. The van der Waals surface area contributed by atoms with E-state index >= 15 is 0 Å². The second-order valence-corrected chi connectivity index (χ2v) is 7.60. The maximum Gasteiger partial charge on any atom is 0.306 e. The van der Waals surface area contributed by atoms with Crippen molar-refractivity contribution in [3.05, 3.63) is 75.1 Å². The number of rotatable bonds is 7. The number of para-hydroxylation sites is 2. The Kier molecular flexibility index (Phi) is 5.46. The molecular weight excluding hydrogens is 443 g/mol. The average Bonchev–Trinajstić information content (AvgIpc) is 3.15. The van der Waals surface area contributed by atoms with Crippen molar-refractivity contribution in [2.75, 3.05) is 13.2 Å². The fraction of sp³-hybridized carbons (Fsp3) is 0.217. The number of hydrogen-bond donors (Lipinski definition) is 0. The molecule has 0 saturated carbocycles. The van der Waals surface area contributed by atoms with Crippen molar-refractivity contribution >= 4 is 38.9 Å². The van der Waals surface area contributed by atoms with Gasteiger partial charge in [0.15, 0.2) is 11.3 Å². The Labute approximate surface area is 191 Å². The smallest absolute Gasteiger partial charge is 0.306 e. The normalized spacial score (nSPS) is 11.6. The first-order valence-corrected chi connectivity index (χ1v) is 10.7. The zero-order chi connectivity index (χ0) is 23.8. The van der Waals surface area contributed by atoms with Crippen LogP contribution in [0.5, 0.6) is 0 Å². The molecule has 0 spiro atoms. The highest BCUT2D eigenvalue weighted by molar-refractivity contribution is 6.05. The highest BCUT2D eigenvalue weighted by Gasteiger charge is 2.23. The summed E-state index contributed by atoms with van der Waals surface area (Å²) in [5.74, 6) is -0.962. The Morgan fingerprint density at radius 1 is 1.12 bits per heavy atom. The Balaban J connectivity index is 1.81. The first-order valence-electron chi connectivity index (χ1n) is 10.7. The van der Waals surface area contributed by atoms with Crippen LogP contribution in [0, 0.1) is 15.9 Å². The summed E-state index contributed by atoms with van der Waals surface area (Å²) in [7, 11) is 0. The van der Waals surface area contributed by atoms with Crippen molar-refractivity contribution in [2.45, 2.75) is 19.9 Å². The monoisotopic (exact) mass is 462 g/mol. The molecule has 0 amide bonds. The van der Waals surface area contributed by atoms with E-state index in [0.29, 0.717) is 48.4 Å². The lowest BCUT2D eigenvalue weighted by molar-refractivity contribution is -0.387. The van der Waals surface area contributed by atoms with Gasteiger partial charge in [0, 0.05) is 25.8 Å². The van der Waals surface area contributed by atoms with Gasteiger partial charge in [-0.3, -0.25) is 24.0 Å². The molecule has 0 aliphatic carbocycles. The van der Waals surface area contributed by atoms with E-state index in [-0.39, 0.29) is 22.3 Å². The van der Waals surface area contributed by atoms with Crippen molar-refractivity contribution in [2.24, 2.45) is 0 Å². The zero-order valence-corrected chi connectivity index (χ0v) is 18.1. The summed E-state index contributed by atoms with van der Waals surface area (Å²) in [5, 5.41) is 11.6. The van der Waals surface area contributed by atoms with Gasteiger partial charge in [-0.15, -0.1) is 0 Å². The molecule has 34 heavy (non-hydrogen) atoms. The number of fused-ring (bicyclic) bond motifs is 4. The van der Waals surface area contributed by atoms with Crippen molar-refractivity contribution < 1.29 is 14.1 Å². The molecule has 3 heterocycles. The van der Waals surface area contributed by atoms with Crippen molar-refractivity contribution in [3.63, 3.8) is 0 Å². The average molecular weight is 462 g/mol. The first-order chi connectivity index (χ1) is 16.5. The molecule has 2 aromatic carbocycles. The van der Waals surface area contributed by atoms with Gasteiger partial charge in [0.1, 0.15) is 10.9 Å². The SMILES string of the molecule is CCOCCCn1cnc2c(c1=O)c1nc3ccccc3nc1n2-c1ccc(F)c([N+](=O)[O-])c1. The van der Waals surface area contributed by atoms with E-state index in [1.165, 1.54) is 21.5 Å². The molecule has 0 bridgehead atoms. The van der Waals surface area contributed by atoms with Crippen LogP contribution in [0.4, 0.5) is 10.1 Å². The van der Waals surface area contributed by atoms with Gasteiger partial charge in [0.05, 0.1) is 28.0 Å². The predicted octanol–water partition coefficient (Wildman–Crippen LogP) is 3.76. The van der Waals surface area contributed by atoms with Gasteiger partial charge >= 0.3 is 5.69 Å². The number of aryl methyl sites for hydroxylation is 1. The molecule has 0 N–H and O–H groups in total. The lowest BCUT2D eigenvalue weighted by Crippen LogP contribution is -2.21. The van der Waals surface area contributed by atoms with E-state index in [1.54, 1.807) is 12.1 Å². The van der Waals surface area contributed by atoms with Gasteiger partial charge in [0.25, 0.3) is 5.56 Å². The molecule has 0 atom stereocenters. The molecule has 0 fully saturated rings. The molecule has 0 aliphatic rings. The van der Waals surface area contributed by atoms with E-state index in [1.807, 2.05) is 19.1 Å². The molecule has 0 aliphatic heterocycles. The minimum Gasteiger partial charge on any atom is -0.382 e. The highest BCUT2D eigenvalue weighted by atomic mass is 19.1. The third-order valence-corrected chi connectivity index (χ3v) is 5.51. The van der Waals surface area contributed by atoms with Crippen LogP contribution in [0.15, 0.2) is 53.6 Å². The third-order valence-electron chi connectivity index (χ3n) is 5.51. The largest absolute Gasteiger partial charge is 0.382 e. The molecule has 0 unspecified atom stereocenters. The van der Waals surface area contributed by atoms with Crippen molar-refractivity contribution in [1.82, 2.24) is 24.1 Å². The summed E-state index contributed by atoms with van der Waals surface area (Å²) in [6.07, 6.45) is 2.04. The van der Waals surface area contributed by atoms with Gasteiger partial charge in [-0.1, -0.05) is 12.1 Å². The third kappa shape index (κ3) is 3.55. The van der Waals surface area contributed by atoms with E-state index < -0.39 is 16.4 Å². The quantitative estimate of drug-likeness (QED) is 0.205. The topological polar surface area (TPSA) is 118 Å². The molecule has 5 rings (SSSR count). The van der Waals surface area contributed by atoms with Crippen LogP contribution in [-0.4, -0.2) is 42.2 Å². The number of halogens is 1. The maximum atomic E-state index is 14.0. The molecule has 3 aromatic heterocycles. The molecule has 0 saturated heterocycles. The second kappa shape index (κ2) is 8.60. The van der Waals surface area contributed by atoms with E-state index in [0.717, 1.165) is 12.1 Å². The van der Waals surface area contributed by atoms with Gasteiger partial charge in [-0.25, -0.2) is 15.0 Å². The fourth-order valence-electron chi connectivity index (χ4n) is 3.94. The number of nitro groups is 1. The van der Waals surface area contributed by atoms with Crippen molar-refractivity contribution in [3.8, 4) is 5.69 Å². The van der Waals surface area contributed by atoms with Gasteiger partial charge in [-0.05, 0) is 37.6 Å². The molecule has 11 heteroatoms. The molecule has 10 nitrogen and oxygen atoms in total. The molecule has 172 valence electrons. The van der Waals surface area contributed by atoms with Crippen molar-refractivity contribution in [1.29, 1.82) is 0 Å². The van der Waals surface area contributed by atoms with Gasteiger partial charge < -0.3 is 4.74 Å². The Morgan fingerprint density at radius 2 is 1.88 bits per heavy atom. The number of nitro benzene ring substituents is 1. The van der Waals surface area contributed by atoms with Gasteiger partial charge in [0.2, 0.25) is 5.82 Å². The van der Waals surface area contributed by atoms with E-state index in [2.05, 4.69) is 15.0 Å². The lowest BCUT2D eigenvalue weighted by Gasteiger charge is -2.08. The second-order valence-electron chi connectivity index (χ2n) is 7.60. The molecule has 0 radical (unpaired) electrons. The van der Waals surface area contributed by atoms with Crippen LogP contribution >= 0.6 is 0 Å². The number of benzene rings is 2. The standard InChI is InChI=1S/C23H19FN6O4/c1-2-34-11-5-10-28-13-25-21-19(23(28)31)20-22(27-17-7-4-3-6-16(17)26-20)29(21)14-8-9-15(24)18(12-14)30(32)33/h3-4,6-9,12-13H,2,5,10-11H2,1H3. The summed E-state index contributed by atoms with van der Waals surface area (Å²) in [4.78, 5) is 37.8. The fourth-order valence-corrected chi connectivity index (χ4v) is 3.94. The van der Waals surface area contributed by atoms with E-state index in [4.69, 9.17) is 4.74 Å².